The summed E-state index contributed by atoms with van der Waals surface area (Å²) < 4.78 is 18.7. The first-order valence-electron chi connectivity index (χ1n) is 7.28. The van der Waals surface area contributed by atoms with Gasteiger partial charge in [0.15, 0.2) is 0 Å². The summed E-state index contributed by atoms with van der Waals surface area (Å²) >= 11 is 0. The molecule has 1 N–H and O–H groups in total. The van der Waals surface area contributed by atoms with Gasteiger partial charge in [0.2, 0.25) is 5.91 Å². The van der Waals surface area contributed by atoms with Crippen LogP contribution in [0.3, 0.4) is 0 Å². The summed E-state index contributed by atoms with van der Waals surface area (Å²) in [7, 11) is 0. The zero-order chi connectivity index (χ0) is 15.4. The molecule has 1 aromatic rings. The monoisotopic (exact) mass is 295 g/mol. The number of aliphatic hydroxyl groups excluding tert-OH is 1. The van der Waals surface area contributed by atoms with E-state index in [-0.39, 0.29) is 36.4 Å². The van der Waals surface area contributed by atoms with E-state index in [0.717, 1.165) is 5.56 Å². The molecule has 0 aliphatic carbocycles. The molecule has 1 heterocycles. The van der Waals surface area contributed by atoms with Crippen LogP contribution in [0.1, 0.15) is 31.7 Å². The number of carbonyl (C=O) groups excluding carboxylic acids is 1. The van der Waals surface area contributed by atoms with E-state index in [0.29, 0.717) is 19.6 Å². The maximum Gasteiger partial charge on any atom is 0.223 e. The fourth-order valence-corrected chi connectivity index (χ4v) is 2.59. The Morgan fingerprint density at radius 3 is 3.00 bits per heavy atom. The van der Waals surface area contributed by atoms with Crippen molar-refractivity contribution in [2.24, 2.45) is 0 Å². The second kappa shape index (κ2) is 7.00. The molecule has 21 heavy (non-hydrogen) atoms. The van der Waals surface area contributed by atoms with Gasteiger partial charge in [-0.1, -0.05) is 19.1 Å². The van der Waals surface area contributed by atoms with Crippen molar-refractivity contribution in [3.05, 3.63) is 35.6 Å². The molecule has 0 radical (unpaired) electrons. The highest BCUT2D eigenvalue weighted by Crippen LogP contribution is 2.22. The molecule has 2 rings (SSSR count). The van der Waals surface area contributed by atoms with Gasteiger partial charge in [0.1, 0.15) is 5.82 Å². The lowest BCUT2D eigenvalue weighted by atomic mass is 9.96. The van der Waals surface area contributed by atoms with Crippen molar-refractivity contribution in [2.75, 3.05) is 19.8 Å². The number of halogens is 1. The van der Waals surface area contributed by atoms with Crippen molar-refractivity contribution in [1.82, 2.24) is 4.90 Å². The van der Waals surface area contributed by atoms with E-state index < -0.39 is 0 Å². The molecule has 3 unspecified atom stereocenters. The Labute approximate surface area is 124 Å². The summed E-state index contributed by atoms with van der Waals surface area (Å²) in [5.41, 5.74) is 0.822. The maximum absolute atomic E-state index is 13.2. The van der Waals surface area contributed by atoms with Crippen molar-refractivity contribution in [3.63, 3.8) is 0 Å². The van der Waals surface area contributed by atoms with Crippen LogP contribution in [-0.4, -0.2) is 47.8 Å². The topological polar surface area (TPSA) is 49.8 Å². The number of hydrogen-bond donors (Lipinski definition) is 1. The molecule has 3 atom stereocenters. The highest BCUT2D eigenvalue weighted by molar-refractivity contribution is 5.77. The van der Waals surface area contributed by atoms with Crippen molar-refractivity contribution in [3.8, 4) is 0 Å². The van der Waals surface area contributed by atoms with E-state index in [2.05, 4.69) is 0 Å². The van der Waals surface area contributed by atoms with E-state index in [4.69, 9.17) is 9.84 Å². The van der Waals surface area contributed by atoms with Crippen LogP contribution in [0.15, 0.2) is 24.3 Å². The number of benzene rings is 1. The Balaban J connectivity index is 1.99. The van der Waals surface area contributed by atoms with Crippen LogP contribution in [0.5, 0.6) is 0 Å². The van der Waals surface area contributed by atoms with Crippen molar-refractivity contribution < 1.29 is 19.0 Å². The number of amides is 1. The number of aliphatic hydroxyl groups is 1. The predicted octanol–water partition coefficient (Wildman–Crippen LogP) is 1.93. The van der Waals surface area contributed by atoms with Gasteiger partial charge in [-0.05, 0) is 30.5 Å². The smallest absolute Gasteiger partial charge is 0.223 e. The summed E-state index contributed by atoms with van der Waals surface area (Å²) in [5, 5.41) is 9.16. The molecule has 1 aromatic carbocycles. The van der Waals surface area contributed by atoms with Gasteiger partial charge in [0, 0.05) is 13.0 Å². The van der Waals surface area contributed by atoms with Crippen LogP contribution in [0, 0.1) is 5.82 Å². The van der Waals surface area contributed by atoms with Gasteiger partial charge in [-0.15, -0.1) is 0 Å². The van der Waals surface area contributed by atoms with Crippen molar-refractivity contribution >= 4 is 5.91 Å². The maximum atomic E-state index is 13.2. The van der Waals surface area contributed by atoms with Crippen LogP contribution < -0.4 is 0 Å². The third kappa shape index (κ3) is 4.02. The summed E-state index contributed by atoms with van der Waals surface area (Å²) in [4.78, 5) is 14.2. The van der Waals surface area contributed by atoms with Gasteiger partial charge in [0.25, 0.3) is 0 Å². The van der Waals surface area contributed by atoms with E-state index in [1.165, 1.54) is 12.1 Å². The van der Waals surface area contributed by atoms with Crippen LogP contribution in [0.2, 0.25) is 0 Å². The quantitative estimate of drug-likeness (QED) is 0.923. The summed E-state index contributed by atoms with van der Waals surface area (Å²) in [5.74, 6) is -0.316. The van der Waals surface area contributed by atoms with Gasteiger partial charge in [-0.3, -0.25) is 4.79 Å². The zero-order valence-electron chi connectivity index (χ0n) is 12.5. The number of morpholine rings is 1. The highest BCUT2D eigenvalue weighted by atomic mass is 19.1. The first kappa shape index (κ1) is 15.9. The highest BCUT2D eigenvalue weighted by Gasteiger charge is 2.29. The molecule has 1 aliphatic heterocycles. The van der Waals surface area contributed by atoms with E-state index in [1.807, 2.05) is 19.9 Å². The van der Waals surface area contributed by atoms with E-state index in [1.54, 1.807) is 11.0 Å². The number of ether oxygens (including phenoxy) is 1. The number of carbonyl (C=O) groups is 1. The van der Waals surface area contributed by atoms with Crippen molar-refractivity contribution in [1.29, 1.82) is 0 Å². The lowest BCUT2D eigenvalue weighted by Crippen LogP contribution is -2.52. The zero-order valence-corrected chi connectivity index (χ0v) is 12.5. The molecule has 1 saturated heterocycles. The number of rotatable bonds is 4. The molecule has 0 aromatic heterocycles. The van der Waals surface area contributed by atoms with Gasteiger partial charge in [0.05, 0.1) is 25.4 Å². The van der Waals surface area contributed by atoms with Crippen LogP contribution >= 0.6 is 0 Å². The predicted molar refractivity (Wildman–Crippen MR) is 77.4 cm³/mol. The Morgan fingerprint density at radius 2 is 2.33 bits per heavy atom. The van der Waals surface area contributed by atoms with Crippen LogP contribution in [-0.2, 0) is 9.53 Å². The fourth-order valence-electron chi connectivity index (χ4n) is 2.59. The Bertz CT molecular complexity index is 494. The third-order valence-corrected chi connectivity index (χ3v) is 3.93. The lowest BCUT2D eigenvalue weighted by molar-refractivity contribution is -0.146. The molecule has 5 heteroatoms. The summed E-state index contributed by atoms with van der Waals surface area (Å²) in [6.45, 7) is 4.60. The van der Waals surface area contributed by atoms with Crippen LogP contribution in [0.25, 0.3) is 0 Å². The molecule has 1 aliphatic rings. The third-order valence-electron chi connectivity index (χ3n) is 3.93. The Morgan fingerprint density at radius 1 is 1.57 bits per heavy atom. The van der Waals surface area contributed by atoms with Crippen molar-refractivity contribution in [2.45, 2.75) is 38.3 Å². The normalized spacial score (nSPS) is 23.9. The van der Waals surface area contributed by atoms with Crippen LogP contribution in [0.4, 0.5) is 4.39 Å². The lowest BCUT2D eigenvalue weighted by Gasteiger charge is -2.38. The van der Waals surface area contributed by atoms with Gasteiger partial charge in [-0.25, -0.2) is 4.39 Å². The van der Waals surface area contributed by atoms with E-state index >= 15 is 0 Å². The molecule has 0 saturated carbocycles. The Hall–Kier alpha value is -1.46. The number of nitrogens with zero attached hydrogens (tertiary/aromatic N) is 1. The van der Waals surface area contributed by atoms with E-state index in [9.17, 15) is 9.18 Å². The molecule has 4 nitrogen and oxygen atoms in total. The first-order chi connectivity index (χ1) is 10.0. The number of hydrogen-bond acceptors (Lipinski definition) is 3. The second-order valence-electron chi connectivity index (χ2n) is 5.69. The standard InChI is InChI=1S/C16H22FNO3/c1-11(13-4-3-5-14(17)7-13)6-16(20)18-8-15(9-19)21-10-12(18)2/h3-5,7,11-12,15,19H,6,8-10H2,1-2H3. The average Bonchev–Trinajstić information content (AvgIpc) is 2.47. The fraction of sp³-hybridized carbons (Fsp3) is 0.562. The average molecular weight is 295 g/mol. The minimum Gasteiger partial charge on any atom is -0.394 e. The molecule has 0 bridgehead atoms. The minimum absolute atomic E-state index is 0.00000877. The summed E-state index contributed by atoms with van der Waals surface area (Å²) in [6, 6.07) is 6.36. The first-order valence-corrected chi connectivity index (χ1v) is 7.28. The molecular formula is C16H22FNO3. The summed E-state index contributed by atoms with van der Waals surface area (Å²) in [6.07, 6.45) is 0.0148. The van der Waals surface area contributed by atoms with Gasteiger partial charge < -0.3 is 14.7 Å². The molecule has 0 spiro atoms. The molecule has 1 amide bonds. The van der Waals surface area contributed by atoms with Gasteiger partial charge in [-0.2, -0.15) is 0 Å². The minimum atomic E-state index is -0.311. The molecular weight excluding hydrogens is 273 g/mol. The molecule has 116 valence electrons. The Kier molecular flexibility index (Phi) is 5.31. The SMILES string of the molecule is CC(CC(=O)N1CC(CO)OCC1C)c1cccc(F)c1. The second-order valence-corrected chi connectivity index (χ2v) is 5.69. The van der Waals surface area contributed by atoms with Gasteiger partial charge >= 0.3 is 0 Å². The molecule has 1 fully saturated rings. The largest absolute Gasteiger partial charge is 0.394 e.